The summed E-state index contributed by atoms with van der Waals surface area (Å²) in [6.45, 7) is 8.23. The van der Waals surface area contributed by atoms with Crippen LogP contribution < -0.4 is 0 Å². The van der Waals surface area contributed by atoms with Gasteiger partial charge in [0.15, 0.2) is 0 Å². The lowest BCUT2D eigenvalue weighted by Crippen LogP contribution is -2.06. The van der Waals surface area contributed by atoms with Crippen molar-refractivity contribution in [1.82, 2.24) is 0 Å². The van der Waals surface area contributed by atoms with E-state index in [-0.39, 0.29) is 5.57 Å². The van der Waals surface area contributed by atoms with Gasteiger partial charge in [0.2, 0.25) is 0 Å². The average molecular weight is 320 g/mol. The Morgan fingerprint density at radius 3 is 1.91 bits per heavy atom. The molecule has 4 heteroatoms. The summed E-state index contributed by atoms with van der Waals surface area (Å²) in [5, 5.41) is 17.6. The minimum Gasteiger partial charge on any atom is -0.481 e. The van der Waals surface area contributed by atoms with E-state index in [0.29, 0.717) is 0 Å². The third kappa shape index (κ3) is 12.2. The fourth-order valence-electron chi connectivity index (χ4n) is 1.93. The number of carbonyl (C=O) groups is 2. The van der Waals surface area contributed by atoms with E-state index in [1.807, 2.05) is 6.92 Å². The number of hydrogen-bond acceptors (Lipinski definition) is 2. The summed E-state index contributed by atoms with van der Waals surface area (Å²) in [6.07, 6.45) is 10.9. The van der Waals surface area contributed by atoms with Crippen LogP contribution in [0.5, 0.6) is 0 Å². The third-order valence-electron chi connectivity index (χ3n) is 3.31. The van der Waals surface area contributed by atoms with Gasteiger partial charge in [-0.25, -0.2) is 4.79 Å². The van der Waals surface area contributed by atoms with E-state index in [4.69, 9.17) is 10.2 Å². The van der Waals surface area contributed by atoms with Crippen molar-refractivity contribution in [2.24, 2.45) is 0 Å². The molecule has 2 N–H and O–H groups in total. The molecule has 0 heterocycles. The lowest BCUT2D eigenvalue weighted by Gasteiger charge is -2.01. The van der Waals surface area contributed by atoms with E-state index in [1.165, 1.54) is 17.2 Å². The van der Waals surface area contributed by atoms with Crippen molar-refractivity contribution in [3.63, 3.8) is 0 Å². The molecule has 23 heavy (non-hydrogen) atoms. The Balaban J connectivity index is 4.46. The van der Waals surface area contributed by atoms with E-state index in [2.05, 4.69) is 32.9 Å². The summed E-state index contributed by atoms with van der Waals surface area (Å²) >= 11 is 0. The maximum atomic E-state index is 10.9. The molecule has 0 aromatic heterocycles. The molecule has 4 nitrogen and oxygen atoms in total. The zero-order valence-electron chi connectivity index (χ0n) is 14.6. The van der Waals surface area contributed by atoms with Crippen molar-refractivity contribution in [1.29, 1.82) is 0 Å². The van der Waals surface area contributed by atoms with Crippen molar-refractivity contribution in [3.8, 4) is 0 Å². The fourth-order valence-corrected chi connectivity index (χ4v) is 1.93. The van der Waals surface area contributed by atoms with E-state index in [1.54, 1.807) is 6.08 Å². The highest BCUT2D eigenvalue weighted by molar-refractivity contribution is 5.92. The van der Waals surface area contributed by atoms with Gasteiger partial charge < -0.3 is 10.2 Å². The van der Waals surface area contributed by atoms with Gasteiger partial charge in [-0.15, -0.1) is 0 Å². The Labute approximate surface area is 138 Å². The molecule has 0 fully saturated rings. The fraction of sp³-hybridized carbons (Fsp3) is 0.474. The molecule has 0 radical (unpaired) electrons. The maximum absolute atomic E-state index is 10.9. The number of rotatable bonds is 10. The molecule has 0 atom stereocenters. The molecule has 0 unspecified atom stereocenters. The predicted molar refractivity (Wildman–Crippen MR) is 93.4 cm³/mol. The van der Waals surface area contributed by atoms with Crippen molar-refractivity contribution in [2.45, 2.75) is 59.8 Å². The second-order valence-corrected chi connectivity index (χ2v) is 5.99. The van der Waals surface area contributed by atoms with Crippen LogP contribution in [0, 0.1) is 0 Å². The molecule has 0 aliphatic carbocycles. The minimum absolute atomic E-state index is 0.106. The Kier molecular flexibility index (Phi) is 10.4. The first-order chi connectivity index (χ1) is 10.7. The Bertz CT molecular complexity index is 530. The molecule has 0 bridgehead atoms. The van der Waals surface area contributed by atoms with Gasteiger partial charge in [-0.3, -0.25) is 4.79 Å². The number of hydrogen-bond donors (Lipinski definition) is 2. The van der Waals surface area contributed by atoms with Crippen LogP contribution in [0.2, 0.25) is 0 Å². The van der Waals surface area contributed by atoms with Gasteiger partial charge >= 0.3 is 11.9 Å². The van der Waals surface area contributed by atoms with Crippen molar-refractivity contribution in [2.75, 3.05) is 0 Å². The Morgan fingerprint density at radius 1 is 0.826 bits per heavy atom. The number of aliphatic carboxylic acids is 2. The van der Waals surface area contributed by atoms with Gasteiger partial charge in [-0.05, 0) is 53.4 Å². The normalized spacial score (nSPS) is 13.0. The Hall–Kier alpha value is -2.10. The molecule has 0 saturated heterocycles. The van der Waals surface area contributed by atoms with Crippen LogP contribution in [0.4, 0.5) is 0 Å². The highest BCUT2D eigenvalue weighted by Gasteiger charge is 2.10. The lowest BCUT2D eigenvalue weighted by atomic mass is 10.1. The summed E-state index contributed by atoms with van der Waals surface area (Å²) in [4.78, 5) is 21.5. The standard InChI is InChI=1S/C19H28O4/c1-14(2)7-5-8-15(3)9-6-10-16(4)11-12-17(19(22)23)13-18(20)21/h7,9,11-12H,5-6,8,10,13H2,1-4H3,(H,20,21)(H,22,23)/b15-9+,16-11?,17-12?. The zero-order chi connectivity index (χ0) is 17.8. The largest absolute Gasteiger partial charge is 0.481 e. The topological polar surface area (TPSA) is 74.6 Å². The molecule has 0 aliphatic rings. The van der Waals surface area contributed by atoms with Gasteiger partial charge in [-0.1, -0.05) is 41.0 Å². The maximum Gasteiger partial charge on any atom is 0.332 e. The van der Waals surface area contributed by atoms with Crippen molar-refractivity contribution in [3.05, 3.63) is 46.6 Å². The third-order valence-corrected chi connectivity index (χ3v) is 3.31. The molecule has 0 rings (SSSR count). The van der Waals surface area contributed by atoms with Crippen molar-refractivity contribution >= 4 is 11.9 Å². The van der Waals surface area contributed by atoms with Gasteiger partial charge in [0.1, 0.15) is 0 Å². The zero-order valence-corrected chi connectivity index (χ0v) is 14.6. The first-order valence-corrected chi connectivity index (χ1v) is 7.82. The number of allylic oxidation sites excluding steroid dienone is 7. The van der Waals surface area contributed by atoms with Crippen LogP contribution in [0.25, 0.3) is 0 Å². The summed E-state index contributed by atoms with van der Waals surface area (Å²) in [6, 6.07) is 0. The molecule has 0 aromatic rings. The van der Waals surface area contributed by atoms with Crippen LogP contribution >= 0.6 is 0 Å². The van der Waals surface area contributed by atoms with E-state index < -0.39 is 18.4 Å². The predicted octanol–water partition coefficient (Wildman–Crippen LogP) is 4.89. The molecular weight excluding hydrogens is 292 g/mol. The molecular formula is C19H28O4. The minimum atomic E-state index is -1.19. The van der Waals surface area contributed by atoms with Crippen molar-refractivity contribution < 1.29 is 19.8 Å². The van der Waals surface area contributed by atoms with Crippen LogP contribution in [0.1, 0.15) is 59.8 Å². The van der Waals surface area contributed by atoms with Crippen LogP contribution in [-0.4, -0.2) is 22.2 Å². The average Bonchev–Trinajstić information content (AvgIpc) is 2.42. The number of carboxylic acids is 2. The van der Waals surface area contributed by atoms with Gasteiger partial charge in [-0.2, -0.15) is 0 Å². The molecule has 0 saturated carbocycles. The SMILES string of the molecule is CC(C)=CCC/C(C)=C/CCC(C)=CC=C(CC(=O)O)C(=O)O. The highest BCUT2D eigenvalue weighted by Crippen LogP contribution is 2.12. The molecule has 0 aromatic carbocycles. The Morgan fingerprint density at radius 2 is 1.39 bits per heavy atom. The highest BCUT2D eigenvalue weighted by atomic mass is 16.4. The lowest BCUT2D eigenvalue weighted by molar-refractivity contribution is -0.139. The summed E-state index contributed by atoms with van der Waals surface area (Å²) in [7, 11) is 0. The second kappa shape index (κ2) is 11.5. The summed E-state index contributed by atoms with van der Waals surface area (Å²) in [5.74, 6) is -2.33. The first kappa shape index (κ1) is 20.9. The molecule has 0 spiro atoms. The first-order valence-electron chi connectivity index (χ1n) is 7.82. The quantitative estimate of drug-likeness (QED) is 0.341. The van der Waals surface area contributed by atoms with Crippen LogP contribution in [0.15, 0.2) is 46.6 Å². The number of carboxylic acid groups (broad SMARTS) is 2. The van der Waals surface area contributed by atoms with Crippen LogP contribution in [-0.2, 0) is 9.59 Å². The molecule has 128 valence electrons. The second-order valence-electron chi connectivity index (χ2n) is 5.99. The van der Waals surface area contributed by atoms with Gasteiger partial charge in [0, 0.05) is 5.57 Å². The molecule has 0 aliphatic heterocycles. The van der Waals surface area contributed by atoms with Gasteiger partial charge in [0.05, 0.1) is 6.42 Å². The monoisotopic (exact) mass is 320 g/mol. The van der Waals surface area contributed by atoms with E-state index >= 15 is 0 Å². The van der Waals surface area contributed by atoms with Gasteiger partial charge in [0.25, 0.3) is 0 Å². The van der Waals surface area contributed by atoms with E-state index in [0.717, 1.165) is 31.3 Å². The summed E-state index contributed by atoms with van der Waals surface area (Å²) < 4.78 is 0. The molecule has 0 amide bonds. The summed E-state index contributed by atoms with van der Waals surface area (Å²) in [5.41, 5.74) is 3.61. The smallest absolute Gasteiger partial charge is 0.332 e. The van der Waals surface area contributed by atoms with E-state index in [9.17, 15) is 9.59 Å². The van der Waals surface area contributed by atoms with Crippen LogP contribution in [0.3, 0.4) is 0 Å².